The van der Waals surface area contributed by atoms with Crippen LogP contribution in [0.4, 0.5) is 5.82 Å². The van der Waals surface area contributed by atoms with Gasteiger partial charge < -0.3 is 21.5 Å². The Balaban J connectivity index is 1.58. The van der Waals surface area contributed by atoms with Gasteiger partial charge in [0, 0.05) is 41.4 Å². The van der Waals surface area contributed by atoms with Crippen LogP contribution in [-0.4, -0.2) is 66.2 Å². The van der Waals surface area contributed by atoms with Gasteiger partial charge in [0.1, 0.15) is 12.4 Å². The molecule has 5 heterocycles. The van der Waals surface area contributed by atoms with Crippen LogP contribution in [-0.2, 0) is 4.79 Å². The summed E-state index contributed by atoms with van der Waals surface area (Å²) < 4.78 is 1.49. The van der Waals surface area contributed by atoms with Crippen LogP contribution in [0.1, 0.15) is 60.3 Å². The number of allylic oxidation sites excluding steroid dienone is 1. The maximum absolute atomic E-state index is 12.7. The van der Waals surface area contributed by atoms with Crippen molar-refractivity contribution >= 4 is 35.1 Å². The maximum atomic E-state index is 12.7. The standard InChI is InChI=1S/C25H28N8O3/c1-13(35)22-23(15-8-16-3-4-17(9-15)32(16)21(36)12-34)31-25-18(11-30-33(25)24(22)28)14-2-5-20(29-10-14)19(27)6-7-26/h2,5-7,10-11,15-17,26,34H,3-4,8-9,12,27-28H2,1H3/p+1/t15?,16-,17+. The van der Waals surface area contributed by atoms with E-state index in [1.54, 1.807) is 24.5 Å². The first kappa shape index (κ1) is 23.6. The molecule has 0 radical (unpaired) electrons. The summed E-state index contributed by atoms with van der Waals surface area (Å²) >= 11 is 0. The number of nitrogens with two attached hydrogens (primary N) is 3. The fraction of sp³-hybridized carbons (Fsp3) is 0.360. The first-order chi connectivity index (χ1) is 17.3. The van der Waals surface area contributed by atoms with Crippen molar-refractivity contribution in [3.8, 4) is 11.1 Å². The minimum Gasteiger partial charge on any atom is -0.397 e. The SMILES string of the molecule is CC(=O)c1c(C2C[C@H]3CC[C@@H](C2)N3C(=O)CO)nc2c(-c3ccc(C(N)=CC=[NH2+])nc3)cnn2c1N. The highest BCUT2D eigenvalue weighted by Crippen LogP contribution is 2.44. The van der Waals surface area contributed by atoms with Crippen LogP contribution in [0.3, 0.4) is 0 Å². The predicted molar refractivity (Wildman–Crippen MR) is 134 cm³/mol. The normalized spacial score (nSPS) is 21.7. The number of aliphatic hydroxyl groups is 1. The van der Waals surface area contributed by atoms with Gasteiger partial charge in [-0.1, -0.05) is 6.07 Å². The third kappa shape index (κ3) is 3.81. The molecule has 3 aromatic heterocycles. The first-order valence-electron chi connectivity index (χ1n) is 11.9. The second-order valence-corrected chi connectivity index (χ2v) is 9.37. The zero-order valence-electron chi connectivity index (χ0n) is 20.0. The van der Waals surface area contributed by atoms with Crippen LogP contribution in [0.2, 0.25) is 0 Å². The minimum atomic E-state index is -0.495. The third-order valence-corrected chi connectivity index (χ3v) is 7.25. The molecule has 11 nitrogen and oxygen atoms in total. The highest BCUT2D eigenvalue weighted by atomic mass is 16.3. The number of nitrogen functional groups attached to an aromatic ring is 1. The van der Waals surface area contributed by atoms with Crippen molar-refractivity contribution in [3.05, 3.63) is 47.6 Å². The summed E-state index contributed by atoms with van der Waals surface area (Å²) in [5.41, 5.74) is 16.5. The van der Waals surface area contributed by atoms with Gasteiger partial charge >= 0.3 is 0 Å². The lowest BCUT2D eigenvalue weighted by Crippen LogP contribution is -2.47. The van der Waals surface area contributed by atoms with Crippen molar-refractivity contribution < 1.29 is 20.1 Å². The monoisotopic (exact) mass is 489 g/mol. The summed E-state index contributed by atoms with van der Waals surface area (Å²) in [7, 11) is 0. The Kier molecular flexibility index (Phi) is 6.00. The molecule has 2 aliphatic rings. The van der Waals surface area contributed by atoms with Crippen molar-refractivity contribution in [1.29, 1.82) is 0 Å². The zero-order chi connectivity index (χ0) is 25.6. The molecule has 7 N–H and O–H groups in total. The van der Waals surface area contributed by atoms with Gasteiger partial charge in [-0.3, -0.25) is 20.0 Å². The van der Waals surface area contributed by atoms with E-state index >= 15 is 0 Å². The van der Waals surface area contributed by atoms with Gasteiger partial charge in [-0.15, -0.1) is 0 Å². The summed E-state index contributed by atoms with van der Waals surface area (Å²) in [4.78, 5) is 36.2. The average molecular weight is 490 g/mol. The fourth-order valence-corrected chi connectivity index (χ4v) is 5.69. The van der Waals surface area contributed by atoms with E-state index in [0.29, 0.717) is 41.1 Å². The van der Waals surface area contributed by atoms with E-state index in [1.807, 2.05) is 11.0 Å². The first-order valence-corrected chi connectivity index (χ1v) is 11.9. The number of amides is 1. The number of carbonyl (C=O) groups excluding carboxylic acids is 2. The van der Waals surface area contributed by atoms with Crippen LogP contribution < -0.4 is 16.9 Å². The molecule has 2 aliphatic heterocycles. The fourth-order valence-electron chi connectivity index (χ4n) is 5.69. The number of Topliss-reactive ketones (excluding diaryl/α,β-unsaturated/α-hetero) is 1. The van der Waals surface area contributed by atoms with Gasteiger partial charge in [0.15, 0.2) is 17.6 Å². The molecule has 3 aromatic rings. The summed E-state index contributed by atoms with van der Waals surface area (Å²) in [5, 5.41) is 19.2. The molecule has 1 unspecified atom stereocenters. The third-order valence-electron chi connectivity index (χ3n) is 7.25. The number of hydrogen-bond acceptors (Lipinski definition) is 8. The van der Waals surface area contributed by atoms with Gasteiger partial charge in [0.05, 0.1) is 28.8 Å². The zero-order valence-corrected chi connectivity index (χ0v) is 20.0. The molecule has 3 atom stereocenters. The molecule has 0 aromatic carbocycles. The molecule has 0 aliphatic carbocycles. The van der Waals surface area contributed by atoms with Gasteiger partial charge in [0.2, 0.25) is 5.91 Å². The molecule has 2 fully saturated rings. The van der Waals surface area contributed by atoms with Gasteiger partial charge in [-0.05, 0) is 38.7 Å². The molecular weight excluding hydrogens is 460 g/mol. The van der Waals surface area contributed by atoms with Crippen molar-refractivity contribution in [2.45, 2.75) is 50.6 Å². The molecule has 2 saturated heterocycles. The van der Waals surface area contributed by atoms with E-state index < -0.39 is 6.61 Å². The van der Waals surface area contributed by atoms with Crippen LogP contribution in [0.15, 0.2) is 30.6 Å². The molecule has 0 saturated carbocycles. The molecule has 5 rings (SSSR count). The number of piperidine rings is 1. The molecule has 36 heavy (non-hydrogen) atoms. The van der Waals surface area contributed by atoms with Crippen molar-refractivity contribution in [3.63, 3.8) is 0 Å². The summed E-state index contributed by atoms with van der Waals surface area (Å²) in [6.45, 7) is 0.983. The highest BCUT2D eigenvalue weighted by molar-refractivity contribution is 6.00. The number of ketones is 1. The molecule has 0 spiro atoms. The van der Waals surface area contributed by atoms with Crippen LogP contribution in [0.25, 0.3) is 22.5 Å². The number of anilines is 1. The van der Waals surface area contributed by atoms with Crippen LogP contribution in [0, 0.1) is 0 Å². The van der Waals surface area contributed by atoms with E-state index in [2.05, 4.69) is 10.1 Å². The lowest BCUT2D eigenvalue weighted by molar-refractivity contribution is -0.138. The van der Waals surface area contributed by atoms with Gasteiger partial charge in [0.25, 0.3) is 0 Å². The molecule has 2 bridgehead atoms. The topological polar surface area (TPSA) is 178 Å². The Morgan fingerprint density at radius 2 is 1.94 bits per heavy atom. The Morgan fingerprint density at radius 3 is 2.53 bits per heavy atom. The Labute approximate surface area is 207 Å². The van der Waals surface area contributed by atoms with E-state index in [-0.39, 0.29) is 35.5 Å². The number of fused-ring (bicyclic) bond motifs is 3. The largest absolute Gasteiger partial charge is 0.397 e. The van der Waals surface area contributed by atoms with Gasteiger partial charge in [-0.2, -0.15) is 9.61 Å². The van der Waals surface area contributed by atoms with E-state index in [9.17, 15) is 14.7 Å². The van der Waals surface area contributed by atoms with Crippen LogP contribution in [0.5, 0.6) is 0 Å². The number of nitrogens with zero attached hydrogens (tertiary/aromatic N) is 5. The van der Waals surface area contributed by atoms with Crippen molar-refractivity contribution in [1.82, 2.24) is 24.5 Å². The number of rotatable bonds is 6. The molecule has 186 valence electrons. The minimum absolute atomic E-state index is 0.0119. The average Bonchev–Trinajstić information content (AvgIpc) is 3.41. The number of aromatic nitrogens is 4. The quantitative estimate of drug-likeness (QED) is 0.274. The Morgan fingerprint density at radius 1 is 1.22 bits per heavy atom. The van der Waals surface area contributed by atoms with Crippen molar-refractivity contribution in [2.24, 2.45) is 5.73 Å². The Hall–Kier alpha value is -4.12. The lowest BCUT2D eigenvalue weighted by atomic mass is 9.85. The molecule has 1 amide bonds. The summed E-state index contributed by atoms with van der Waals surface area (Å²) in [6.07, 6.45) is 9.32. The summed E-state index contributed by atoms with van der Waals surface area (Å²) in [6, 6.07) is 3.68. The van der Waals surface area contributed by atoms with Crippen LogP contribution >= 0.6 is 0 Å². The second kappa shape index (κ2) is 9.15. The second-order valence-electron chi connectivity index (χ2n) is 9.37. The molecular formula is C25H29N8O3+. The van der Waals surface area contributed by atoms with Gasteiger partial charge in [-0.25, -0.2) is 4.98 Å². The molecule has 11 heteroatoms. The van der Waals surface area contributed by atoms with Crippen molar-refractivity contribution in [2.75, 3.05) is 12.3 Å². The highest BCUT2D eigenvalue weighted by Gasteiger charge is 2.44. The number of pyridine rings is 1. The lowest BCUT2D eigenvalue weighted by Gasteiger charge is -2.39. The van der Waals surface area contributed by atoms with E-state index in [1.165, 1.54) is 17.7 Å². The van der Waals surface area contributed by atoms with E-state index in [4.69, 9.17) is 21.9 Å². The number of hydrogen-bond donors (Lipinski definition) is 4. The van der Waals surface area contributed by atoms with E-state index in [0.717, 1.165) is 24.0 Å². The number of carbonyl (C=O) groups is 2. The number of aliphatic hydroxyl groups excluding tert-OH is 1. The smallest absolute Gasteiger partial charge is 0.248 e. The Bertz CT molecular complexity index is 1380. The maximum Gasteiger partial charge on any atom is 0.248 e. The summed E-state index contributed by atoms with van der Waals surface area (Å²) in [5.74, 6) is -0.230. The predicted octanol–water partition coefficient (Wildman–Crippen LogP) is -0.0651.